The molecule has 0 aliphatic rings. The van der Waals surface area contributed by atoms with Gasteiger partial charge in [-0.2, -0.15) is 0 Å². The Morgan fingerprint density at radius 3 is 2.94 bits per heavy atom. The first-order valence-corrected chi connectivity index (χ1v) is 6.22. The predicted octanol–water partition coefficient (Wildman–Crippen LogP) is 2.25. The Balaban J connectivity index is 2.32. The maximum atomic E-state index is 11.7. The summed E-state index contributed by atoms with van der Waals surface area (Å²) in [5.74, 6) is -0.0443. The van der Waals surface area contributed by atoms with Gasteiger partial charge < -0.3 is 10.1 Å². The van der Waals surface area contributed by atoms with E-state index < -0.39 is 0 Å². The molecular formula is C13H19ClN2O2. The van der Waals surface area contributed by atoms with E-state index in [4.69, 9.17) is 16.3 Å². The molecule has 0 aliphatic carbocycles. The normalized spacial score (nSPS) is 10.7. The monoisotopic (exact) mass is 270 g/mol. The molecule has 0 heterocycles. The highest BCUT2D eigenvalue weighted by molar-refractivity contribution is 6.30. The average molecular weight is 271 g/mol. The van der Waals surface area contributed by atoms with Gasteiger partial charge in [0.15, 0.2) is 0 Å². The molecule has 0 aliphatic heterocycles. The van der Waals surface area contributed by atoms with Crippen LogP contribution in [0.2, 0.25) is 5.02 Å². The van der Waals surface area contributed by atoms with Gasteiger partial charge in [0.25, 0.3) is 0 Å². The van der Waals surface area contributed by atoms with Gasteiger partial charge >= 0.3 is 0 Å². The summed E-state index contributed by atoms with van der Waals surface area (Å²) in [5.41, 5.74) is 0.720. The molecule has 1 rings (SSSR count). The third-order valence-corrected chi connectivity index (χ3v) is 2.65. The number of carbonyl (C=O) groups excluding carboxylic acids is 1. The topological polar surface area (TPSA) is 41.6 Å². The van der Waals surface area contributed by atoms with Crippen LogP contribution in [0.3, 0.4) is 0 Å². The number of nitrogens with one attached hydrogen (secondary N) is 1. The van der Waals surface area contributed by atoms with Crippen LogP contribution in [0.5, 0.6) is 0 Å². The number of amides is 1. The van der Waals surface area contributed by atoms with Crippen molar-refractivity contribution in [3.8, 4) is 0 Å². The molecule has 1 aromatic carbocycles. The van der Waals surface area contributed by atoms with Gasteiger partial charge in [-0.05, 0) is 31.7 Å². The molecule has 18 heavy (non-hydrogen) atoms. The van der Waals surface area contributed by atoms with Gasteiger partial charge in [-0.1, -0.05) is 17.7 Å². The lowest BCUT2D eigenvalue weighted by atomic mass is 10.3. The molecule has 0 aromatic heterocycles. The second-order valence-electron chi connectivity index (χ2n) is 4.14. The zero-order valence-corrected chi connectivity index (χ0v) is 11.5. The highest BCUT2D eigenvalue weighted by Gasteiger charge is 2.06. The summed E-state index contributed by atoms with van der Waals surface area (Å²) in [6, 6.07) is 7.12. The fraction of sp³-hybridized carbons (Fsp3) is 0.462. The van der Waals surface area contributed by atoms with E-state index in [9.17, 15) is 4.79 Å². The SMILES string of the molecule is COCCCN(C)CC(=O)Nc1cccc(Cl)c1. The summed E-state index contributed by atoms with van der Waals surface area (Å²) in [6.07, 6.45) is 0.914. The van der Waals surface area contributed by atoms with Crippen LogP contribution in [-0.4, -0.2) is 44.7 Å². The van der Waals surface area contributed by atoms with Crippen molar-refractivity contribution in [3.05, 3.63) is 29.3 Å². The standard InChI is InChI=1S/C13H19ClN2O2/c1-16(7-4-8-18-2)10-13(17)15-12-6-3-5-11(14)9-12/h3,5-6,9H,4,7-8,10H2,1-2H3,(H,15,17). The van der Waals surface area contributed by atoms with Crippen LogP contribution in [0.1, 0.15) is 6.42 Å². The molecule has 100 valence electrons. The van der Waals surface area contributed by atoms with Gasteiger partial charge in [0, 0.05) is 31.0 Å². The minimum Gasteiger partial charge on any atom is -0.385 e. The first-order chi connectivity index (χ1) is 8.61. The highest BCUT2D eigenvalue weighted by atomic mass is 35.5. The van der Waals surface area contributed by atoms with E-state index in [0.717, 1.165) is 18.7 Å². The molecule has 0 spiro atoms. The molecule has 0 atom stereocenters. The van der Waals surface area contributed by atoms with Crippen LogP contribution >= 0.6 is 11.6 Å². The first kappa shape index (κ1) is 15.0. The molecule has 0 bridgehead atoms. The van der Waals surface area contributed by atoms with Crippen LogP contribution < -0.4 is 5.32 Å². The number of anilines is 1. The van der Waals surface area contributed by atoms with E-state index in [1.54, 1.807) is 25.3 Å². The average Bonchev–Trinajstić information content (AvgIpc) is 2.29. The zero-order valence-electron chi connectivity index (χ0n) is 10.8. The van der Waals surface area contributed by atoms with E-state index in [1.807, 2.05) is 18.0 Å². The number of carbonyl (C=O) groups is 1. The van der Waals surface area contributed by atoms with Crippen molar-refractivity contribution >= 4 is 23.2 Å². The maximum Gasteiger partial charge on any atom is 0.238 e. The Morgan fingerprint density at radius 1 is 1.50 bits per heavy atom. The summed E-state index contributed by atoms with van der Waals surface area (Å²) >= 11 is 5.84. The first-order valence-electron chi connectivity index (χ1n) is 5.84. The quantitative estimate of drug-likeness (QED) is 0.773. The van der Waals surface area contributed by atoms with Crippen LogP contribution in [0.15, 0.2) is 24.3 Å². The van der Waals surface area contributed by atoms with Crippen LogP contribution in [-0.2, 0) is 9.53 Å². The number of ether oxygens (including phenoxy) is 1. The number of hydrogen-bond donors (Lipinski definition) is 1. The lowest BCUT2D eigenvalue weighted by Crippen LogP contribution is -2.31. The third kappa shape index (κ3) is 6.00. The number of halogens is 1. The summed E-state index contributed by atoms with van der Waals surface area (Å²) < 4.78 is 4.96. The Hall–Kier alpha value is -1.10. The summed E-state index contributed by atoms with van der Waals surface area (Å²) in [4.78, 5) is 13.7. The van der Waals surface area contributed by atoms with Crippen molar-refractivity contribution in [1.82, 2.24) is 4.90 Å². The van der Waals surface area contributed by atoms with Crippen LogP contribution in [0.4, 0.5) is 5.69 Å². The molecule has 0 fully saturated rings. The molecule has 0 unspecified atom stereocenters. The lowest BCUT2D eigenvalue weighted by molar-refractivity contribution is -0.117. The van der Waals surface area contributed by atoms with E-state index in [2.05, 4.69) is 5.32 Å². The van der Waals surface area contributed by atoms with E-state index in [1.165, 1.54) is 0 Å². The summed E-state index contributed by atoms with van der Waals surface area (Å²) in [5, 5.41) is 3.42. The molecule has 1 amide bonds. The molecule has 1 N–H and O–H groups in total. The van der Waals surface area contributed by atoms with Gasteiger partial charge in [0.2, 0.25) is 5.91 Å². The summed E-state index contributed by atoms with van der Waals surface area (Å²) in [7, 11) is 3.58. The van der Waals surface area contributed by atoms with Crippen molar-refractivity contribution in [2.45, 2.75) is 6.42 Å². The number of hydrogen-bond acceptors (Lipinski definition) is 3. The fourth-order valence-corrected chi connectivity index (χ4v) is 1.76. The number of rotatable bonds is 7. The third-order valence-electron chi connectivity index (χ3n) is 2.41. The van der Waals surface area contributed by atoms with Crippen molar-refractivity contribution in [2.24, 2.45) is 0 Å². The Bertz CT molecular complexity index is 385. The van der Waals surface area contributed by atoms with Crippen molar-refractivity contribution < 1.29 is 9.53 Å². The van der Waals surface area contributed by atoms with Gasteiger partial charge in [-0.25, -0.2) is 0 Å². The predicted molar refractivity (Wildman–Crippen MR) is 74.1 cm³/mol. The fourth-order valence-electron chi connectivity index (χ4n) is 1.57. The van der Waals surface area contributed by atoms with E-state index >= 15 is 0 Å². The smallest absolute Gasteiger partial charge is 0.238 e. The lowest BCUT2D eigenvalue weighted by Gasteiger charge is -2.15. The highest BCUT2D eigenvalue weighted by Crippen LogP contribution is 2.14. The molecule has 0 saturated heterocycles. The summed E-state index contributed by atoms with van der Waals surface area (Å²) in [6.45, 7) is 1.90. The molecule has 0 radical (unpaired) electrons. The molecule has 1 aromatic rings. The van der Waals surface area contributed by atoms with Gasteiger partial charge in [0.05, 0.1) is 6.54 Å². The van der Waals surface area contributed by atoms with E-state index in [-0.39, 0.29) is 5.91 Å². The van der Waals surface area contributed by atoms with Gasteiger partial charge in [0.1, 0.15) is 0 Å². The second kappa shape index (κ2) is 8.08. The molecule has 0 saturated carbocycles. The minimum atomic E-state index is -0.0443. The Labute approximate surface area is 113 Å². The maximum absolute atomic E-state index is 11.7. The van der Waals surface area contributed by atoms with Crippen LogP contribution in [0.25, 0.3) is 0 Å². The zero-order chi connectivity index (χ0) is 13.4. The van der Waals surface area contributed by atoms with Crippen LogP contribution in [0, 0.1) is 0 Å². The molecular weight excluding hydrogens is 252 g/mol. The van der Waals surface area contributed by atoms with Crippen molar-refractivity contribution in [3.63, 3.8) is 0 Å². The number of likely N-dealkylation sites (N-methyl/N-ethyl adjacent to an activating group) is 1. The number of methoxy groups -OCH3 is 1. The molecule has 4 nitrogen and oxygen atoms in total. The van der Waals surface area contributed by atoms with Gasteiger partial charge in [-0.15, -0.1) is 0 Å². The number of benzene rings is 1. The van der Waals surface area contributed by atoms with Gasteiger partial charge in [-0.3, -0.25) is 9.69 Å². The van der Waals surface area contributed by atoms with Crippen molar-refractivity contribution in [2.75, 3.05) is 39.2 Å². The van der Waals surface area contributed by atoms with Crippen molar-refractivity contribution in [1.29, 1.82) is 0 Å². The molecule has 5 heteroatoms. The van der Waals surface area contributed by atoms with E-state index in [0.29, 0.717) is 18.2 Å². The largest absolute Gasteiger partial charge is 0.385 e. The number of nitrogens with zero attached hydrogens (tertiary/aromatic N) is 1. The Kier molecular flexibility index (Phi) is 6.72. The second-order valence-corrected chi connectivity index (χ2v) is 4.58. The minimum absolute atomic E-state index is 0.0443. The Morgan fingerprint density at radius 2 is 2.28 bits per heavy atom.